The zero-order valence-corrected chi connectivity index (χ0v) is 15.8. The van der Waals surface area contributed by atoms with Crippen molar-refractivity contribution in [2.24, 2.45) is 0 Å². The molecule has 0 aliphatic carbocycles. The van der Waals surface area contributed by atoms with Crippen LogP contribution in [0.2, 0.25) is 5.02 Å². The number of hydrogen-bond acceptors (Lipinski definition) is 4. The second-order valence-electron chi connectivity index (χ2n) is 4.96. The third kappa shape index (κ3) is 8.53. The van der Waals surface area contributed by atoms with E-state index in [2.05, 4.69) is 10.6 Å². The van der Waals surface area contributed by atoms with Crippen LogP contribution in [0.25, 0.3) is 0 Å². The van der Waals surface area contributed by atoms with Gasteiger partial charge in [-0.3, -0.25) is 9.59 Å². The molecule has 0 aliphatic heterocycles. The predicted octanol–water partition coefficient (Wildman–Crippen LogP) is 3.12. The van der Waals surface area contributed by atoms with E-state index in [0.717, 1.165) is 17.1 Å². The van der Waals surface area contributed by atoms with E-state index in [1.54, 1.807) is 35.7 Å². The van der Waals surface area contributed by atoms with Crippen LogP contribution in [-0.2, 0) is 9.59 Å². The van der Waals surface area contributed by atoms with E-state index < -0.39 is 0 Å². The Bertz CT molecular complexity index is 497. The Morgan fingerprint density at radius 3 is 2.17 bits per heavy atom. The van der Waals surface area contributed by atoms with Crippen LogP contribution >= 0.6 is 35.1 Å². The van der Waals surface area contributed by atoms with E-state index in [9.17, 15) is 9.59 Å². The molecule has 0 saturated heterocycles. The van der Waals surface area contributed by atoms with Gasteiger partial charge in [-0.25, -0.2) is 0 Å². The lowest BCUT2D eigenvalue weighted by Gasteiger charge is -2.20. The van der Waals surface area contributed by atoms with Crippen molar-refractivity contribution in [2.45, 2.75) is 18.9 Å². The van der Waals surface area contributed by atoms with Crippen molar-refractivity contribution >= 4 is 46.9 Å². The molecule has 1 unspecified atom stereocenters. The highest BCUT2D eigenvalue weighted by molar-refractivity contribution is 7.98. The molecule has 1 aromatic rings. The Morgan fingerprint density at radius 2 is 1.61 bits per heavy atom. The molecule has 1 rings (SSSR count). The number of benzene rings is 1. The molecular formula is C16H23ClN2O2S2. The van der Waals surface area contributed by atoms with Crippen molar-refractivity contribution in [3.05, 3.63) is 34.9 Å². The summed E-state index contributed by atoms with van der Waals surface area (Å²) < 4.78 is 0. The molecule has 4 nitrogen and oxygen atoms in total. The van der Waals surface area contributed by atoms with Gasteiger partial charge in [-0.15, -0.1) is 0 Å². The number of nitrogens with one attached hydrogen (secondary N) is 2. The number of halogens is 1. The van der Waals surface area contributed by atoms with Gasteiger partial charge in [0.25, 0.3) is 0 Å². The number of hydrogen-bond donors (Lipinski definition) is 2. The third-order valence-corrected chi connectivity index (χ3v) is 4.65. The highest BCUT2D eigenvalue weighted by Crippen LogP contribution is 2.16. The molecule has 0 aliphatic rings. The number of rotatable bonds is 10. The molecule has 0 spiro atoms. The molecule has 23 heavy (non-hydrogen) atoms. The summed E-state index contributed by atoms with van der Waals surface area (Å²) in [5, 5.41) is 6.51. The van der Waals surface area contributed by atoms with Gasteiger partial charge in [0.15, 0.2) is 0 Å². The zero-order valence-electron chi connectivity index (χ0n) is 13.4. The van der Waals surface area contributed by atoms with Crippen molar-refractivity contribution < 1.29 is 9.59 Å². The average molecular weight is 375 g/mol. The van der Waals surface area contributed by atoms with Crippen LogP contribution in [0, 0.1) is 0 Å². The topological polar surface area (TPSA) is 58.2 Å². The predicted molar refractivity (Wildman–Crippen MR) is 101 cm³/mol. The van der Waals surface area contributed by atoms with E-state index in [1.807, 2.05) is 24.6 Å². The normalized spacial score (nSPS) is 11.8. The molecule has 2 amide bonds. The summed E-state index contributed by atoms with van der Waals surface area (Å²) in [6.07, 6.45) is 4.88. The maximum Gasteiger partial charge on any atom is 0.221 e. The zero-order chi connectivity index (χ0) is 17.1. The molecule has 7 heteroatoms. The third-order valence-electron chi connectivity index (χ3n) is 3.18. The molecular weight excluding hydrogens is 352 g/mol. The fourth-order valence-corrected chi connectivity index (χ4v) is 2.81. The summed E-state index contributed by atoms with van der Waals surface area (Å²) in [5.74, 6) is 1.55. The molecule has 128 valence electrons. The lowest BCUT2D eigenvalue weighted by atomic mass is 10.1. The highest BCUT2D eigenvalue weighted by Gasteiger charge is 2.15. The van der Waals surface area contributed by atoms with Gasteiger partial charge in [0.2, 0.25) is 11.8 Å². The van der Waals surface area contributed by atoms with Gasteiger partial charge < -0.3 is 10.6 Å². The standard InChI is InChI=1S/C16H23ClN2O2S2/c1-22-9-7-15(20)18-11-14(19-16(21)8-10-23-2)12-3-5-13(17)6-4-12/h3-6,14H,7-11H2,1-2H3,(H,18,20)(H,19,21). The second-order valence-corrected chi connectivity index (χ2v) is 7.37. The van der Waals surface area contributed by atoms with Crippen molar-refractivity contribution in [3.63, 3.8) is 0 Å². The maximum atomic E-state index is 12.0. The number of carbonyl (C=O) groups excluding carboxylic acids is 2. The Morgan fingerprint density at radius 1 is 1.04 bits per heavy atom. The molecule has 0 aromatic heterocycles. The lowest BCUT2D eigenvalue weighted by Crippen LogP contribution is -2.38. The van der Waals surface area contributed by atoms with Crippen LogP contribution < -0.4 is 10.6 Å². The van der Waals surface area contributed by atoms with E-state index in [-0.39, 0.29) is 17.9 Å². The van der Waals surface area contributed by atoms with Crippen molar-refractivity contribution in [2.75, 3.05) is 30.6 Å². The van der Waals surface area contributed by atoms with Gasteiger partial charge in [0, 0.05) is 35.9 Å². The van der Waals surface area contributed by atoms with Gasteiger partial charge in [-0.05, 0) is 30.2 Å². The Labute approximate surface area is 151 Å². The van der Waals surface area contributed by atoms with Gasteiger partial charge in [0.05, 0.1) is 6.04 Å². The number of amides is 2. The molecule has 0 bridgehead atoms. The van der Waals surface area contributed by atoms with Gasteiger partial charge >= 0.3 is 0 Å². The van der Waals surface area contributed by atoms with Gasteiger partial charge in [-0.2, -0.15) is 23.5 Å². The van der Waals surface area contributed by atoms with Gasteiger partial charge in [-0.1, -0.05) is 23.7 Å². The summed E-state index contributed by atoms with van der Waals surface area (Å²) in [4.78, 5) is 23.8. The first kappa shape index (κ1) is 20.2. The second kappa shape index (κ2) is 11.6. The Balaban J connectivity index is 2.66. The Hall–Kier alpha value is -0.850. The van der Waals surface area contributed by atoms with Gasteiger partial charge in [0.1, 0.15) is 0 Å². The van der Waals surface area contributed by atoms with Crippen LogP contribution in [0.5, 0.6) is 0 Å². The van der Waals surface area contributed by atoms with E-state index in [4.69, 9.17) is 11.6 Å². The largest absolute Gasteiger partial charge is 0.354 e. The van der Waals surface area contributed by atoms with Crippen molar-refractivity contribution in [3.8, 4) is 0 Å². The minimum atomic E-state index is -0.250. The summed E-state index contributed by atoms with van der Waals surface area (Å²) in [6.45, 7) is 0.375. The molecule has 0 radical (unpaired) electrons. The van der Waals surface area contributed by atoms with Crippen LogP contribution in [-0.4, -0.2) is 42.4 Å². The number of carbonyl (C=O) groups is 2. The summed E-state index contributed by atoms with van der Waals surface area (Å²) >= 11 is 9.18. The SMILES string of the molecule is CSCCC(=O)NCC(NC(=O)CCSC)c1ccc(Cl)cc1. The number of thioether (sulfide) groups is 2. The molecule has 1 aromatic carbocycles. The average Bonchev–Trinajstić information content (AvgIpc) is 2.55. The fraction of sp³-hybridized carbons (Fsp3) is 0.500. The minimum absolute atomic E-state index is 0.00308. The molecule has 0 fully saturated rings. The Kier molecular flexibility index (Phi) is 10.2. The first-order valence-corrected chi connectivity index (χ1v) is 10.5. The van der Waals surface area contributed by atoms with E-state index in [1.165, 1.54) is 0 Å². The summed E-state index contributed by atoms with van der Waals surface area (Å²) in [7, 11) is 0. The van der Waals surface area contributed by atoms with Crippen LogP contribution in [0.15, 0.2) is 24.3 Å². The van der Waals surface area contributed by atoms with Crippen LogP contribution in [0.1, 0.15) is 24.4 Å². The fourth-order valence-electron chi connectivity index (χ4n) is 1.91. The minimum Gasteiger partial charge on any atom is -0.354 e. The molecule has 0 saturated carbocycles. The monoisotopic (exact) mass is 374 g/mol. The quantitative estimate of drug-likeness (QED) is 0.660. The maximum absolute atomic E-state index is 12.0. The molecule has 0 heterocycles. The van der Waals surface area contributed by atoms with Crippen molar-refractivity contribution in [1.29, 1.82) is 0 Å². The first-order valence-electron chi connectivity index (χ1n) is 7.36. The van der Waals surface area contributed by atoms with E-state index in [0.29, 0.717) is 24.4 Å². The van der Waals surface area contributed by atoms with Crippen LogP contribution in [0.4, 0.5) is 0 Å². The smallest absolute Gasteiger partial charge is 0.221 e. The summed E-state index contributed by atoms with van der Waals surface area (Å²) in [5.41, 5.74) is 0.928. The van der Waals surface area contributed by atoms with E-state index >= 15 is 0 Å². The van der Waals surface area contributed by atoms with Crippen LogP contribution in [0.3, 0.4) is 0 Å². The molecule has 2 N–H and O–H groups in total. The lowest BCUT2D eigenvalue weighted by molar-refractivity contribution is -0.123. The molecule has 1 atom stereocenters. The van der Waals surface area contributed by atoms with Crippen molar-refractivity contribution in [1.82, 2.24) is 10.6 Å². The summed E-state index contributed by atoms with van der Waals surface area (Å²) in [6, 6.07) is 7.06. The first-order chi connectivity index (χ1) is 11.1. The highest BCUT2D eigenvalue weighted by atomic mass is 35.5.